The number of hydrogen-bond donors (Lipinski definition) is 0. The van der Waals surface area contributed by atoms with E-state index in [0.29, 0.717) is 43.2 Å². The van der Waals surface area contributed by atoms with Crippen molar-refractivity contribution in [3.05, 3.63) is 11.6 Å². The van der Waals surface area contributed by atoms with Crippen LogP contribution in [0.4, 0.5) is 0 Å². The molecule has 0 aromatic carbocycles. The first kappa shape index (κ1) is 15.8. The van der Waals surface area contributed by atoms with Crippen LogP contribution in [0.1, 0.15) is 53.4 Å². The van der Waals surface area contributed by atoms with E-state index in [0.717, 1.165) is 12.3 Å². The second kappa shape index (κ2) is 5.16. The number of ketones is 1. The van der Waals surface area contributed by atoms with Gasteiger partial charge in [-0.3, -0.25) is 4.79 Å². The third-order valence-corrected chi connectivity index (χ3v) is 7.16. The van der Waals surface area contributed by atoms with Crippen molar-refractivity contribution in [3.63, 3.8) is 0 Å². The summed E-state index contributed by atoms with van der Waals surface area (Å²) < 4.78 is 12.1. The average molecular weight is 318 g/mol. The Labute approximate surface area is 139 Å². The number of hydrogen-bond acceptors (Lipinski definition) is 3. The van der Waals surface area contributed by atoms with Gasteiger partial charge in [-0.1, -0.05) is 26.3 Å². The molecule has 1 saturated heterocycles. The normalized spacial score (nSPS) is 45.3. The Bertz CT molecular complexity index is 543. The van der Waals surface area contributed by atoms with Crippen LogP contribution in [-0.4, -0.2) is 24.8 Å². The zero-order valence-corrected chi connectivity index (χ0v) is 14.9. The summed E-state index contributed by atoms with van der Waals surface area (Å²) in [7, 11) is 0. The lowest BCUT2D eigenvalue weighted by molar-refractivity contribution is -0.201. The van der Waals surface area contributed by atoms with Crippen LogP contribution in [0.15, 0.2) is 11.6 Å². The lowest BCUT2D eigenvalue weighted by Gasteiger charge is -2.53. The Morgan fingerprint density at radius 3 is 2.61 bits per heavy atom. The van der Waals surface area contributed by atoms with Gasteiger partial charge in [0.2, 0.25) is 0 Å². The molecule has 1 aliphatic heterocycles. The highest BCUT2D eigenvalue weighted by Crippen LogP contribution is 2.63. The van der Waals surface area contributed by atoms with Gasteiger partial charge in [0, 0.05) is 6.42 Å². The number of carbonyl (C=O) groups excluding carboxylic acids is 1. The van der Waals surface area contributed by atoms with Crippen LogP contribution in [0, 0.1) is 35.0 Å². The Morgan fingerprint density at radius 2 is 1.96 bits per heavy atom. The minimum atomic E-state index is -0.754. The highest BCUT2D eigenvalue weighted by atomic mass is 16.7. The Morgan fingerprint density at radius 1 is 1.26 bits per heavy atom. The van der Waals surface area contributed by atoms with Gasteiger partial charge in [0.15, 0.2) is 5.79 Å². The highest BCUT2D eigenvalue weighted by Gasteiger charge is 2.63. The smallest absolute Gasteiger partial charge is 0.198 e. The van der Waals surface area contributed by atoms with Crippen LogP contribution in [0.3, 0.4) is 0 Å². The number of rotatable bonds is 1. The predicted octanol–water partition coefficient (Wildman–Crippen LogP) is 3.97. The molecule has 3 heteroatoms. The molecular weight excluding hydrogens is 288 g/mol. The maximum Gasteiger partial charge on any atom is 0.198 e. The summed E-state index contributed by atoms with van der Waals surface area (Å²) >= 11 is 0. The summed E-state index contributed by atoms with van der Waals surface area (Å²) in [5.41, 5.74) is 1.52. The molecular formula is C20H30O3. The van der Waals surface area contributed by atoms with Crippen molar-refractivity contribution in [3.8, 4) is 0 Å². The molecule has 0 aromatic rings. The molecule has 1 heterocycles. The van der Waals surface area contributed by atoms with Crippen molar-refractivity contribution in [2.24, 2.45) is 35.0 Å². The molecule has 2 saturated carbocycles. The summed E-state index contributed by atoms with van der Waals surface area (Å²) in [6, 6.07) is 0. The largest absolute Gasteiger partial charge is 0.343 e. The predicted molar refractivity (Wildman–Crippen MR) is 88.8 cm³/mol. The SMILES string of the molecule is CC1=CC2(OCCO2)C2C(=O)C[C@]3(C)CC[C@H](C(C)C)[C@@H]3C2C1. The summed E-state index contributed by atoms with van der Waals surface area (Å²) in [4.78, 5) is 13.1. The molecule has 4 aliphatic rings. The maximum atomic E-state index is 13.1. The Balaban J connectivity index is 1.78. The van der Waals surface area contributed by atoms with Crippen LogP contribution < -0.4 is 0 Å². The van der Waals surface area contributed by atoms with Crippen molar-refractivity contribution in [2.45, 2.75) is 59.2 Å². The maximum absolute atomic E-state index is 13.1. The monoisotopic (exact) mass is 318 g/mol. The lowest BCUT2D eigenvalue weighted by Crippen LogP contribution is -2.57. The van der Waals surface area contributed by atoms with Gasteiger partial charge in [-0.2, -0.15) is 0 Å². The van der Waals surface area contributed by atoms with E-state index in [1.807, 2.05) is 0 Å². The fraction of sp³-hybridized carbons (Fsp3) is 0.850. The molecule has 4 rings (SSSR count). The molecule has 5 atom stereocenters. The summed E-state index contributed by atoms with van der Waals surface area (Å²) in [5.74, 6) is 1.95. The zero-order valence-electron chi connectivity index (χ0n) is 14.9. The minimum Gasteiger partial charge on any atom is -0.343 e. The molecule has 0 bridgehead atoms. The number of fused-ring (bicyclic) bond motifs is 4. The third kappa shape index (κ3) is 2.19. The minimum absolute atomic E-state index is 0.0916. The molecule has 3 fully saturated rings. The van der Waals surface area contributed by atoms with Gasteiger partial charge in [-0.05, 0) is 61.3 Å². The van der Waals surface area contributed by atoms with Gasteiger partial charge in [0.05, 0.1) is 19.1 Å². The van der Waals surface area contributed by atoms with E-state index >= 15 is 0 Å². The second-order valence-corrected chi connectivity index (χ2v) is 9.02. The van der Waals surface area contributed by atoms with Crippen molar-refractivity contribution in [1.82, 2.24) is 0 Å². The van der Waals surface area contributed by atoms with Crippen LogP contribution in [0.2, 0.25) is 0 Å². The second-order valence-electron chi connectivity index (χ2n) is 9.02. The Hall–Kier alpha value is -0.670. The molecule has 1 spiro atoms. The van der Waals surface area contributed by atoms with Gasteiger partial charge in [0.25, 0.3) is 0 Å². The quantitative estimate of drug-likeness (QED) is 0.686. The van der Waals surface area contributed by atoms with Gasteiger partial charge in [0.1, 0.15) is 5.78 Å². The van der Waals surface area contributed by atoms with Crippen molar-refractivity contribution in [1.29, 1.82) is 0 Å². The van der Waals surface area contributed by atoms with Gasteiger partial charge in [-0.15, -0.1) is 0 Å². The van der Waals surface area contributed by atoms with E-state index in [1.165, 1.54) is 18.4 Å². The number of Topliss-reactive ketones (excluding diaryl/α,β-unsaturated/α-hetero) is 1. The highest BCUT2D eigenvalue weighted by molar-refractivity contribution is 5.85. The molecule has 128 valence electrons. The van der Waals surface area contributed by atoms with E-state index < -0.39 is 5.79 Å². The first-order valence-electron chi connectivity index (χ1n) is 9.35. The van der Waals surface area contributed by atoms with E-state index in [4.69, 9.17) is 9.47 Å². The number of carbonyl (C=O) groups is 1. The van der Waals surface area contributed by atoms with Crippen molar-refractivity contribution < 1.29 is 14.3 Å². The standard InChI is InChI=1S/C20H30O3/c1-12(2)14-5-6-19(4)11-16(21)18-15(17(14)19)9-13(3)10-20(18)22-7-8-23-20/h10,12,14-15,17-18H,5-9,11H2,1-4H3/t14-,15?,17-,18?,19+/m1/s1. The van der Waals surface area contributed by atoms with Gasteiger partial charge < -0.3 is 9.47 Å². The fourth-order valence-corrected chi connectivity index (χ4v) is 6.44. The van der Waals surface area contributed by atoms with Gasteiger partial charge >= 0.3 is 0 Å². The summed E-state index contributed by atoms with van der Waals surface area (Å²) in [6.07, 6.45) is 6.33. The van der Waals surface area contributed by atoms with E-state index in [2.05, 4.69) is 33.8 Å². The molecule has 23 heavy (non-hydrogen) atoms. The van der Waals surface area contributed by atoms with Crippen LogP contribution in [0.5, 0.6) is 0 Å². The fourth-order valence-electron chi connectivity index (χ4n) is 6.44. The van der Waals surface area contributed by atoms with Crippen LogP contribution in [0.25, 0.3) is 0 Å². The Kier molecular flexibility index (Phi) is 3.55. The van der Waals surface area contributed by atoms with Gasteiger partial charge in [-0.25, -0.2) is 0 Å². The summed E-state index contributed by atoms with van der Waals surface area (Å²) in [5, 5.41) is 0. The topological polar surface area (TPSA) is 35.5 Å². The molecule has 0 amide bonds. The number of allylic oxidation sites excluding steroid dienone is 1. The zero-order chi connectivity index (χ0) is 16.4. The van der Waals surface area contributed by atoms with E-state index in [9.17, 15) is 4.79 Å². The molecule has 3 aliphatic carbocycles. The molecule has 0 N–H and O–H groups in total. The molecule has 0 radical (unpaired) electrons. The molecule has 3 nitrogen and oxygen atoms in total. The first-order chi connectivity index (χ1) is 10.9. The first-order valence-corrected chi connectivity index (χ1v) is 9.35. The van der Waals surface area contributed by atoms with E-state index in [1.54, 1.807) is 0 Å². The molecule has 2 unspecified atom stereocenters. The van der Waals surface area contributed by atoms with Crippen molar-refractivity contribution in [2.75, 3.05) is 13.2 Å². The van der Waals surface area contributed by atoms with Crippen LogP contribution in [-0.2, 0) is 14.3 Å². The van der Waals surface area contributed by atoms with Crippen LogP contribution >= 0.6 is 0 Å². The number of ether oxygens (including phenoxy) is 2. The van der Waals surface area contributed by atoms with Crippen molar-refractivity contribution >= 4 is 5.78 Å². The summed E-state index contributed by atoms with van der Waals surface area (Å²) in [6.45, 7) is 10.5. The molecule has 0 aromatic heterocycles. The third-order valence-electron chi connectivity index (χ3n) is 7.16. The van der Waals surface area contributed by atoms with E-state index in [-0.39, 0.29) is 11.3 Å². The lowest BCUT2D eigenvalue weighted by atomic mass is 9.53. The average Bonchev–Trinajstić information content (AvgIpc) is 3.02.